The number of aryl methyl sites for hydroxylation is 2. The Kier molecular flexibility index (Phi) is 6.29. The van der Waals surface area contributed by atoms with Crippen molar-refractivity contribution in [3.63, 3.8) is 0 Å². The van der Waals surface area contributed by atoms with Gasteiger partial charge in [0.2, 0.25) is 0 Å². The molecule has 1 aliphatic rings. The second-order valence-electron chi connectivity index (χ2n) is 8.76. The van der Waals surface area contributed by atoms with E-state index in [2.05, 4.69) is 93.4 Å². The summed E-state index contributed by atoms with van der Waals surface area (Å²) in [4.78, 5) is 7.42. The number of rotatable bonds is 4. The Labute approximate surface area is 195 Å². The predicted octanol–water partition coefficient (Wildman–Crippen LogP) is 6.50. The Bertz CT molecular complexity index is 1060. The maximum Gasteiger partial charge on any atom is 0.147 e. The monoisotopic (exact) mass is 533 g/mol. The third kappa shape index (κ3) is 3.94. The van der Waals surface area contributed by atoms with Crippen LogP contribution >= 0.6 is 31.9 Å². The molecule has 1 aromatic carbocycles. The zero-order valence-corrected chi connectivity index (χ0v) is 21.2. The number of aromatic nitrogens is 2. The van der Waals surface area contributed by atoms with Gasteiger partial charge in [-0.05, 0) is 99.7 Å². The standard InChI is InChI=1S/C24H29Br2N3O/c1-14(2)18-10-19(25)23(20(26)11-18)29-12-15(3)22-21(9-16(4)27-24(22)29)28-7-5-17(13-30)6-8-28/h9-12,14,17,30H,5-8,13H2,1-4H3. The van der Waals surface area contributed by atoms with Gasteiger partial charge in [0.1, 0.15) is 5.65 Å². The van der Waals surface area contributed by atoms with E-state index in [0.717, 1.165) is 51.9 Å². The number of pyridine rings is 1. The van der Waals surface area contributed by atoms with Crippen molar-refractivity contribution in [2.24, 2.45) is 5.92 Å². The number of anilines is 1. The Morgan fingerprint density at radius 3 is 2.30 bits per heavy atom. The van der Waals surface area contributed by atoms with Crippen LogP contribution in [0.4, 0.5) is 5.69 Å². The molecule has 4 nitrogen and oxygen atoms in total. The summed E-state index contributed by atoms with van der Waals surface area (Å²) in [5.74, 6) is 0.889. The summed E-state index contributed by atoms with van der Waals surface area (Å²) >= 11 is 7.63. The smallest absolute Gasteiger partial charge is 0.147 e. The van der Waals surface area contributed by atoms with Gasteiger partial charge in [0.25, 0.3) is 0 Å². The van der Waals surface area contributed by atoms with Crippen molar-refractivity contribution in [1.29, 1.82) is 0 Å². The molecule has 4 rings (SSSR count). The first-order valence-electron chi connectivity index (χ1n) is 10.6. The molecule has 0 atom stereocenters. The average Bonchev–Trinajstić information content (AvgIpc) is 3.02. The van der Waals surface area contributed by atoms with E-state index in [1.54, 1.807) is 0 Å². The van der Waals surface area contributed by atoms with Gasteiger partial charge >= 0.3 is 0 Å². The maximum absolute atomic E-state index is 9.50. The van der Waals surface area contributed by atoms with E-state index < -0.39 is 0 Å². The molecule has 30 heavy (non-hydrogen) atoms. The van der Waals surface area contributed by atoms with E-state index in [9.17, 15) is 5.11 Å². The van der Waals surface area contributed by atoms with Gasteiger partial charge in [-0.3, -0.25) is 4.57 Å². The molecule has 160 valence electrons. The minimum Gasteiger partial charge on any atom is -0.396 e. The molecule has 0 aliphatic carbocycles. The summed E-state index contributed by atoms with van der Waals surface area (Å²) in [6.07, 6.45) is 4.26. The number of aliphatic hydroxyl groups is 1. The summed E-state index contributed by atoms with van der Waals surface area (Å²) in [5, 5.41) is 10.7. The van der Waals surface area contributed by atoms with Crippen LogP contribution in [0.15, 0.2) is 33.3 Å². The normalized spacial score (nSPS) is 15.5. The highest BCUT2D eigenvalue weighted by Gasteiger charge is 2.24. The van der Waals surface area contributed by atoms with Gasteiger partial charge in [-0.25, -0.2) is 4.98 Å². The molecule has 1 aliphatic heterocycles. The highest BCUT2D eigenvalue weighted by atomic mass is 79.9. The first kappa shape index (κ1) is 21.8. The molecule has 1 N–H and O–H groups in total. The minimum atomic E-state index is 0.294. The SMILES string of the molecule is Cc1cc(N2CCC(CO)CC2)c2c(C)cn(-c3c(Br)cc(C(C)C)cc3Br)c2n1. The molecule has 6 heteroatoms. The van der Waals surface area contributed by atoms with Gasteiger partial charge in [-0.15, -0.1) is 0 Å². The Morgan fingerprint density at radius 2 is 1.73 bits per heavy atom. The Hall–Kier alpha value is -1.37. The van der Waals surface area contributed by atoms with Crippen LogP contribution in [0.5, 0.6) is 0 Å². The van der Waals surface area contributed by atoms with E-state index in [1.807, 2.05) is 0 Å². The number of aliphatic hydroxyl groups excluding tert-OH is 1. The van der Waals surface area contributed by atoms with Crippen molar-refractivity contribution in [3.8, 4) is 5.69 Å². The van der Waals surface area contributed by atoms with E-state index in [0.29, 0.717) is 18.4 Å². The van der Waals surface area contributed by atoms with Crippen LogP contribution in [0.2, 0.25) is 0 Å². The van der Waals surface area contributed by atoms with Crippen LogP contribution in [0, 0.1) is 19.8 Å². The van der Waals surface area contributed by atoms with Crippen LogP contribution < -0.4 is 4.90 Å². The fraction of sp³-hybridized carbons (Fsp3) is 0.458. The number of halogens is 2. The quantitative estimate of drug-likeness (QED) is 0.415. The van der Waals surface area contributed by atoms with Gasteiger partial charge in [0.15, 0.2) is 0 Å². The van der Waals surface area contributed by atoms with Crippen molar-refractivity contribution < 1.29 is 5.11 Å². The summed E-state index contributed by atoms with van der Waals surface area (Å²) in [6, 6.07) is 6.63. The van der Waals surface area contributed by atoms with Crippen molar-refractivity contribution in [3.05, 3.63) is 50.2 Å². The lowest BCUT2D eigenvalue weighted by Gasteiger charge is -2.33. The van der Waals surface area contributed by atoms with Crippen LogP contribution in [0.1, 0.15) is 49.4 Å². The molecule has 0 saturated carbocycles. The van der Waals surface area contributed by atoms with E-state index in [4.69, 9.17) is 4.98 Å². The van der Waals surface area contributed by atoms with E-state index >= 15 is 0 Å². The van der Waals surface area contributed by atoms with E-state index in [1.165, 1.54) is 22.2 Å². The van der Waals surface area contributed by atoms with Gasteiger partial charge in [0, 0.05) is 51.6 Å². The first-order valence-corrected chi connectivity index (χ1v) is 12.2. The fourth-order valence-corrected chi connectivity index (χ4v) is 6.04. The van der Waals surface area contributed by atoms with E-state index in [-0.39, 0.29) is 0 Å². The van der Waals surface area contributed by atoms with Gasteiger partial charge in [-0.1, -0.05) is 13.8 Å². The highest BCUT2D eigenvalue weighted by molar-refractivity contribution is 9.11. The molecular weight excluding hydrogens is 506 g/mol. The Morgan fingerprint density at radius 1 is 1.10 bits per heavy atom. The third-order valence-electron chi connectivity index (χ3n) is 6.21. The van der Waals surface area contributed by atoms with Gasteiger partial charge in [-0.2, -0.15) is 0 Å². The van der Waals surface area contributed by atoms with Crippen LogP contribution in [0.25, 0.3) is 16.7 Å². The molecule has 1 fully saturated rings. The lowest BCUT2D eigenvalue weighted by Crippen LogP contribution is -2.35. The summed E-state index contributed by atoms with van der Waals surface area (Å²) in [5.41, 5.74) is 6.88. The van der Waals surface area contributed by atoms with Gasteiger partial charge < -0.3 is 10.0 Å². The lowest BCUT2D eigenvalue weighted by atomic mass is 9.97. The number of benzene rings is 1. The average molecular weight is 535 g/mol. The second kappa shape index (κ2) is 8.64. The zero-order valence-electron chi connectivity index (χ0n) is 18.0. The number of nitrogens with zero attached hydrogens (tertiary/aromatic N) is 3. The molecule has 0 spiro atoms. The van der Waals surface area contributed by atoms with Crippen LogP contribution in [0.3, 0.4) is 0 Å². The molecule has 0 bridgehead atoms. The van der Waals surface area contributed by atoms with Crippen LogP contribution in [-0.2, 0) is 0 Å². The lowest BCUT2D eigenvalue weighted by molar-refractivity contribution is 0.203. The third-order valence-corrected chi connectivity index (χ3v) is 7.42. The minimum absolute atomic E-state index is 0.294. The summed E-state index contributed by atoms with van der Waals surface area (Å²) in [6.45, 7) is 10.9. The van der Waals surface area contributed by atoms with Crippen molar-refractivity contribution >= 4 is 48.6 Å². The highest BCUT2D eigenvalue weighted by Crippen LogP contribution is 2.39. The predicted molar refractivity (Wildman–Crippen MR) is 132 cm³/mol. The largest absolute Gasteiger partial charge is 0.396 e. The summed E-state index contributed by atoms with van der Waals surface area (Å²) < 4.78 is 4.33. The maximum atomic E-state index is 9.50. The Balaban J connectivity index is 1.86. The number of hydrogen-bond donors (Lipinski definition) is 1. The number of fused-ring (bicyclic) bond motifs is 1. The number of hydrogen-bond acceptors (Lipinski definition) is 3. The van der Waals surface area contributed by atoms with Crippen molar-refractivity contribution in [2.45, 2.75) is 46.5 Å². The molecule has 0 radical (unpaired) electrons. The van der Waals surface area contributed by atoms with Gasteiger partial charge in [0.05, 0.1) is 5.69 Å². The fourth-order valence-electron chi connectivity index (χ4n) is 4.44. The first-order chi connectivity index (χ1) is 14.3. The summed E-state index contributed by atoms with van der Waals surface area (Å²) in [7, 11) is 0. The molecule has 0 unspecified atom stereocenters. The molecule has 0 amide bonds. The molecule has 3 aromatic rings. The molecule has 1 saturated heterocycles. The second-order valence-corrected chi connectivity index (χ2v) is 10.5. The molecule has 2 aromatic heterocycles. The molecular formula is C24H29Br2N3O. The molecule has 3 heterocycles. The van der Waals surface area contributed by atoms with Crippen LogP contribution in [-0.4, -0.2) is 34.4 Å². The zero-order chi connectivity index (χ0) is 21.6. The number of piperidine rings is 1. The van der Waals surface area contributed by atoms with Crippen molar-refractivity contribution in [2.75, 3.05) is 24.6 Å². The topological polar surface area (TPSA) is 41.3 Å². The van der Waals surface area contributed by atoms with Crippen molar-refractivity contribution in [1.82, 2.24) is 9.55 Å².